The monoisotopic (exact) mass is 214 g/mol. The fourth-order valence-electron chi connectivity index (χ4n) is 0.726. The lowest BCUT2D eigenvalue weighted by molar-refractivity contribution is 0.0546. The van der Waals surface area contributed by atoms with Crippen molar-refractivity contribution in [1.29, 1.82) is 5.41 Å². The van der Waals surface area contributed by atoms with Gasteiger partial charge in [0.15, 0.2) is 0 Å². The lowest BCUT2D eigenvalue weighted by Gasteiger charge is -2.20. The summed E-state index contributed by atoms with van der Waals surface area (Å²) in [4.78, 5) is 11.3. The number of nitrogens with one attached hydrogen (secondary N) is 2. The van der Waals surface area contributed by atoms with Crippen molar-refractivity contribution in [2.45, 2.75) is 33.3 Å². The average Bonchev–Trinajstić information content (AvgIpc) is 1.98. The number of alkyl carbamates (subject to hydrolysis) is 1. The van der Waals surface area contributed by atoms with Crippen molar-refractivity contribution in [2.24, 2.45) is 11.5 Å². The van der Waals surface area contributed by atoms with Gasteiger partial charge in [-0.2, -0.15) is 0 Å². The summed E-state index contributed by atoms with van der Waals surface area (Å²) < 4.78 is 4.99. The predicted octanol–water partition coefficient (Wildman–Crippen LogP) is 0.637. The van der Waals surface area contributed by atoms with E-state index in [9.17, 15) is 4.79 Å². The van der Waals surface area contributed by atoms with Crippen LogP contribution in [0.5, 0.6) is 0 Å². The van der Waals surface area contributed by atoms with Crippen molar-refractivity contribution in [3.63, 3.8) is 0 Å². The van der Waals surface area contributed by atoms with Gasteiger partial charge in [0, 0.05) is 5.70 Å². The first-order valence-corrected chi connectivity index (χ1v) is 4.44. The largest absolute Gasteiger partial charge is 0.444 e. The van der Waals surface area contributed by atoms with E-state index < -0.39 is 11.7 Å². The Hall–Kier alpha value is -1.72. The maximum Gasteiger partial charge on any atom is 0.411 e. The summed E-state index contributed by atoms with van der Waals surface area (Å²) in [5.41, 5.74) is 10.3. The predicted molar refractivity (Wildman–Crippen MR) is 58.2 cm³/mol. The van der Waals surface area contributed by atoms with E-state index in [-0.39, 0.29) is 11.5 Å². The van der Waals surface area contributed by atoms with Crippen LogP contribution in [0.1, 0.15) is 27.7 Å². The van der Waals surface area contributed by atoms with E-state index in [0.717, 1.165) is 0 Å². The summed E-state index contributed by atoms with van der Waals surface area (Å²) >= 11 is 0. The topological polar surface area (TPSA) is 114 Å². The minimum absolute atomic E-state index is 0.0286. The third-order valence-electron chi connectivity index (χ3n) is 1.38. The molecule has 0 aliphatic rings. The zero-order valence-electron chi connectivity index (χ0n) is 9.47. The molecule has 15 heavy (non-hydrogen) atoms. The number of rotatable bonds is 2. The molecule has 86 valence electrons. The molecule has 0 aromatic rings. The van der Waals surface area contributed by atoms with E-state index in [0.29, 0.717) is 5.70 Å². The van der Waals surface area contributed by atoms with Crippen LogP contribution in [0.15, 0.2) is 11.4 Å². The van der Waals surface area contributed by atoms with Gasteiger partial charge in [-0.15, -0.1) is 0 Å². The van der Waals surface area contributed by atoms with E-state index in [4.69, 9.17) is 21.6 Å². The summed E-state index contributed by atoms with van der Waals surface area (Å²) in [6, 6.07) is 0. The minimum atomic E-state index is -0.621. The van der Waals surface area contributed by atoms with Gasteiger partial charge in [-0.3, -0.25) is 10.7 Å². The summed E-state index contributed by atoms with van der Waals surface area (Å²) in [6.45, 7) is 6.79. The number of amidine groups is 1. The van der Waals surface area contributed by atoms with Gasteiger partial charge < -0.3 is 16.2 Å². The first-order chi connectivity index (χ1) is 6.63. The van der Waals surface area contributed by atoms with Crippen LogP contribution in [0.2, 0.25) is 0 Å². The highest BCUT2D eigenvalue weighted by Crippen LogP contribution is 2.07. The van der Waals surface area contributed by atoms with Crippen LogP contribution in [0.4, 0.5) is 4.79 Å². The van der Waals surface area contributed by atoms with Crippen LogP contribution < -0.4 is 16.8 Å². The van der Waals surface area contributed by atoms with Crippen molar-refractivity contribution in [3.8, 4) is 0 Å². The Morgan fingerprint density at radius 2 is 1.80 bits per heavy atom. The molecule has 0 aromatic carbocycles. The second-order valence-electron chi connectivity index (χ2n) is 4.08. The lowest BCUT2D eigenvalue weighted by atomic mass is 10.2. The first kappa shape index (κ1) is 13.3. The molecular weight excluding hydrogens is 196 g/mol. The van der Waals surface area contributed by atoms with Gasteiger partial charge in [-0.1, -0.05) is 0 Å². The summed E-state index contributed by atoms with van der Waals surface area (Å²) in [7, 11) is 0. The zero-order chi connectivity index (χ0) is 12.2. The molecule has 0 radical (unpaired) electrons. The summed E-state index contributed by atoms with van der Waals surface area (Å²) in [5, 5.41) is 9.45. The second-order valence-corrected chi connectivity index (χ2v) is 4.08. The van der Waals surface area contributed by atoms with Crippen molar-refractivity contribution < 1.29 is 9.53 Å². The second kappa shape index (κ2) is 4.68. The van der Waals surface area contributed by atoms with Crippen LogP contribution >= 0.6 is 0 Å². The third kappa shape index (κ3) is 5.56. The Morgan fingerprint density at radius 1 is 1.33 bits per heavy atom. The van der Waals surface area contributed by atoms with Crippen LogP contribution in [-0.4, -0.2) is 17.5 Å². The van der Waals surface area contributed by atoms with Gasteiger partial charge in [0.25, 0.3) is 0 Å². The highest BCUT2D eigenvalue weighted by Gasteiger charge is 2.16. The molecule has 0 bridgehead atoms. The molecule has 0 saturated carbocycles. The molecular formula is C9H18N4O2. The number of carbonyl (C=O) groups is 1. The number of ether oxygens (including phenoxy) is 1. The molecule has 0 spiro atoms. The normalized spacial score (nSPS) is 12.8. The fraction of sp³-hybridized carbons (Fsp3) is 0.556. The maximum atomic E-state index is 11.3. The molecule has 1 amide bonds. The van der Waals surface area contributed by atoms with Crippen LogP contribution in [0.3, 0.4) is 0 Å². The fourth-order valence-corrected chi connectivity index (χ4v) is 0.726. The van der Waals surface area contributed by atoms with Crippen molar-refractivity contribution in [1.82, 2.24) is 5.32 Å². The van der Waals surface area contributed by atoms with E-state index >= 15 is 0 Å². The molecule has 0 atom stereocenters. The molecule has 6 N–H and O–H groups in total. The van der Waals surface area contributed by atoms with Gasteiger partial charge in [0.05, 0.1) is 5.70 Å². The number of nitrogens with two attached hydrogens (primary N) is 2. The molecule has 0 heterocycles. The molecule has 6 nitrogen and oxygen atoms in total. The van der Waals surface area contributed by atoms with E-state index in [1.807, 2.05) is 0 Å². The molecule has 0 unspecified atom stereocenters. The maximum absolute atomic E-state index is 11.3. The van der Waals surface area contributed by atoms with E-state index in [2.05, 4.69) is 5.32 Å². The standard InChI is InChI=1S/C9H18N4O2/c1-5(6(10)7(11)12)13-8(14)15-9(2,3)4/h10H2,1-4H3,(H3,11,12)(H,13,14)/b6-5-. The van der Waals surface area contributed by atoms with Gasteiger partial charge >= 0.3 is 6.09 Å². The van der Waals surface area contributed by atoms with Gasteiger partial charge in [-0.25, -0.2) is 4.79 Å². The zero-order valence-corrected chi connectivity index (χ0v) is 9.47. The Bertz CT molecular complexity index is 302. The molecule has 0 aliphatic heterocycles. The van der Waals surface area contributed by atoms with Gasteiger partial charge in [-0.05, 0) is 27.7 Å². The molecule has 6 heteroatoms. The Morgan fingerprint density at radius 3 is 2.13 bits per heavy atom. The molecule has 0 saturated heterocycles. The van der Waals surface area contributed by atoms with Crippen molar-refractivity contribution in [3.05, 3.63) is 11.4 Å². The number of hydrogen-bond donors (Lipinski definition) is 4. The van der Waals surface area contributed by atoms with Gasteiger partial charge in [0.1, 0.15) is 11.4 Å². The van der Waals surface area contributed by atoms with E-state index in [1.54, 1.807) is 27.7 Å². The molecule has 0 fully saturated rings. The summed E-state index contributed by atoms with van der Waals surface area (Å²) in [5.74, 6) is -0.288. The smallest absolute Gasteiger partial charge is 0.411 e. The van der Waals surface area contributed by atoms with Crippen LogP contribution in [0.25, 0.3) is 0 Å². The Balaban J connectivity index is 4.44. The first-order valence-electron chi connectivity index (χ1n) is 4.44. The molecule has 0 aromatic heterocycles. The summed E-state index contributed by atoms with van der Waals surface area (Å²) in [6.07, 6.45) is -0.621. The highest BCUT2D eigenvalue weighted by atomic mass is 16.6. The van der Waals surface area contributed by atoms with Crippen molar-refractivity contribution in [2.75, 3.05) is 0 Å². The number of amides is 1. The SMILES string of the molecule is C/C(NC(=O)OC(C)(C)C)=C(/N)C(=N)N. The van der Waals surface area contributed by atoms with Gasteiger partial charge in [0.2, 0.25) is 0 Å². The third-order valence-corrected chi connectivity index (χ3v) is 1.38. The minimum Gasteiger partial charge on any atom is -0.444 e. The van der Waals surface area contributed by atoms with E-state index in [1.165, 1.54) is 0 Å². The lowest BCUT2D eigenvalue weighted by Crippen LogP contribution is -2.34. The average molecular weight is 214 g/mol. The Labute approximate surface area is 89.2 Å². The quantitative estimate of drug-likeness (QED) is 0.399. The molecule has 0 aliphatic carbocycles. The molecule has 0 rings (SSSR count). The van der Waals surface area contributed by atoms with Crippen molar-refractivity contribution >= 4 is 11.9 Å². The van der Waals surface area contributed by atoms with Crippen LogP contribution in [-0.2, 0) is 4.74 Å². The Kier molecular flexibility index (Phi) is 4.14. The highest BCUT2D eigenvalue weighted by molar-refractivity contribution is 5.94. The van der Waals surface area contributed by atoms with Crippen LogP contribution in [0, 0.1) is 5.41 Å². The number of hydrogen-bond acceptors (Lipinski definition) is 4. The number of allylic oxidation sites excluding steroid dienone is 1. The number of carbonyl (C=O) groups excluding carboxylic acids is 1.